The first-order chi connectivity index (χ1) is 13.0. The number of hydrogen-bond acceptors (Lipinski definition) is 3. The number of Topliss-reactive ketones (excluding diaryl/α,β-unsaturated/α-hetero) is 1. The predicted molar refractivity (Wildman–Crippen MR) is 112 cm³/mol. The van der Waals surface area contributed by atoms with Crippen molar-refractivity contribution in [1.82, 2.24) is 9.80 Å². The number of hydrogen-bond donors (Lipinski definition) is 0. The van der Waals surface area contributed by atoms with Gasteiger partial charge in [0, 0.05) is 31.5 Å². The highest BCUT2D eigenvalue weighted by Crippen LogP contribution is 2.24. The molecule has 0 aromatic carbocycles. The van der Waals surface area contributed by atoms with Crippen LogP contribution in [0.3, 0.4) is 0 Å². The highest BCUT2D eigenvalue weighted by molar-refractivity contribution is 5.78. The van der Waals surface area contributed by atoms with Crippen LogP contribution in [0, 0.1) is 11.8 Å². The van der Waals surface area contributed by atoms with Crippen LogP contribution in [0.1, 0.15) is 91.4 Å². The van der Waals surface area contributed by atoms with Gasteiger partial charge in [0.2, 0.25) is 5.91 Å². The lowest BCUT2D eigenvalue weighted by atomic mass is 9.91. The van der Waals surface area contributed by atoms with Gasteiger partial charge in [0.05, 0.1) is 0 Å². The molecule has 0 N–H and O–H groups in total. The van der Waals surface area contributed by atoms with Crippen LogP contribution in [0.15, 0.2) is 0 Å². The van der Waals surface area contributed by atoms with E-state index in [1.807, 2.05) is 0 Å². The van der Waals surface area contributed by atoms with Crippen LogP contribution >= 0.6 is 0 Å². The van der Waals surface area contributed by atoms with Crippen molar-refractivity contribution in [2.75, 3.05) is 26.2 Å². The molecule has 0 aliphatic carbocycles. The summed E-state index contributed by atoms with van der Waals surface area (Å²) in [5.74, 6) is 1.82. The van der Waals surface area contributed by atoms with Crippen LogP contribution in [0.25, 0.3) is 0 Å². The van der Waals surface area contributed by atoms with Crippen molar-refractivity contribution < 1.29 is 9.59 Å². The largest absolute Gasteiger partial charge is 0.343 e. The third kappa shape index (κ3) is 7.93. The minimum absolute atomic E-state index is 0.285. The maximum absolute atomic E-state index is 12.5. The van der Waals surface area contributed by atoms with Crippen molar-refractivity contribution in [3.8, 4) is 0 Å². The summed E-state index contributed by atoms with van der Waals surface area (Å²) >= 11 is 0. The van der Waals surface area contributed by atoms with Gasteiger partial charge in [-0.15, -0.1) is 0 Å². The molecule has 0 bridgehead atoms. The molecular formula is C23H42N2O2. The van der Waals surface area contributed by atoms with Crippen LogP contribution in [-0.2, 0) is 9.59 Å². The van der Waals surface area contributed by atoms with Crippen LogP contribution in [0.4, 0.5) is 0 Å². The van der Waals surface area contributed by atoms with Gasteiger partial charge in [-0.2, -0.15) is 0 Å². The second kappa shape index (κ2) is 11.8. The number of carbonyl (C=O) groups excluding carboxylic acids is 2. The number of carbonyl (C=O) groups is 2. The first-order valence-corrected chi connectivity index (χ1v) is 11.5. The number of amides is 1. The van der Waals surface area contributed by atoms with Crippen LogP contribution in [0.2, 0.25) is 0 Å². The summed E-state index contributed by atoms with van der Waals surface area (Å²) in [5, 5.41) is 0. The second-order valence-electron chi connectivity index (χ2n) is 9.23. The second-order valence-corrected chi connectivity index (χ2v) is 9.23. The molecule has 1 amide bonds. The molecule has 2 saturated heterocycles. The number of nitrogens with zero attached hydrogens (tertiary/aromatic N) is 2. The number of piperidine rings is 2. The lowest BCUT2D eigenvalue weighted by Crippen LogP contribution is -2.49. The number of ketones is 1. The average molecular weight is 379 g/mol. The Hall–Kier alpha value is -0.900. The van der Waals surface area contributed by atoms with Gasteiger partial charge in [-0.1, -0.05) is 46.0 Å². The zero-order valence-corrected chi connectivity index (χ0v) is 18.0. The van der Waals surface area contributed by atoms with Gasteiger partial charge < -0.3 is 9.80 Å². The minimum atomic E-state index is 0.285. The molecule has 0 aromatic rings. The van der Waals surface area contributed by atoms with E-state index in [4.69, 9.17) is 0 Å². The van der Waals surface area contributed by atoms with E-state index in [1.54, 1.807) is 6.92 Å². The van der Waals surface area contributed by atoms with Gasteiger partial charge in [0.15, 0.2) is 0 Å². The molecule has 0 radical (unpaired) electrons. The van der Waals surface area contributed by atoms with E-state index in [1.165, 1.54) is 32.1 Å². The molecule has 4 heteroatoms. The van der Waals surface area contributed by atoms with Crippen molar-refractivity contribution in [2.24, 2.45) is 11.8 Å². The Morgan fingerprint density at radius 1 is 0.852 bits per heavy atom. The zero-order valence-electron chi connectivity index (χ0n) is 18.0. The molecule has 0 atom stereocenters. The zero-order chi connectivity index (χ0) is 19.6. The fraction of sp³-hybridized carbons (Fsp3) is 0.913. The van der Waals surface area contributed by atoms with E-state index in [2.05, 4.69) is 23.6 Å². The summed E-state index contributed by atoms with van der Waals surface area (Å²) < 4.78 is 0. The normalized spacial score (nSPS) is 20.4. The summed E-state index contributed by atoms with van der Waals surface area (Å²) in [6.45, 7) is 10.3. The molecule has 4 nitrogen and oxygen atoms in total. The first-order valence-electron chi connectivity index (χ1n) is 11.5. The summed E-state index contributed by atoms with van der Waals surface area (Å²) in [5.41, 5.74) is 0. The molecule has 2 fully saturated rings. The quantitative estimate of drug-likeness (QED) is 0.519. The van der Waals surface area contributed by atoms with E-state index >= 15 is 0 Å². The molecule has 0 saturated carbocycles. The van der Waals surface area contributed by atoms with Crippen molar-refractivity contribution >= 4 is 11.7 Å². The van der Waals surface area contributed by atoms with E-state index in [9.17, 15) is 9.59 Å². The number of rotatable bonds is 10. The van der Waals surface area contributed by atoms with Gasteiger partial charge in [-0.3, -0.25) is 9.59 Å². The van der Waals surface area contributed by atoms with E-state index < -0.39 is 0 Å². The van der Waals surface area contributed by atoms with Gasteiger partial charge >= 0.3 is 0 Å². The average Bonchev–Trinajstić information content (AvgIpc) is 2.67. The van der Waals surface area contributed by atoms with Crippen LogP contribution in [0.5, 0.6) is 0 Å². The lowest BCUT2D eigenvalue weighted by molar-refractivity contribution is -0.133. The van der Waals surface area contributed by atoms with Crippen LogP contribution in [-0.4, -0.2) is 53.7 Å². The third-order valence-corrected chi connectivity index (χ3v) is 6.61. The van der Waals surface area contributed by atoms with Gasteiger partial charge in [-0.25, -0.2) is 0 Å². The molecule has 2 aliphatic rings. The topological polar surface area (TPSA) is 40.6 Å². The van der Waals surface area contributed by atoms with Crippen molar-refractivity contribution in [3.63, 3.8) is 0 Å². The van der Waals surface area contributed by atoms with Crippen LogP contribution < -0.4 is 0 Å². The molecule has 0 aromatic heterocycles. The van der Waals surface area contributed by atoms with Crippen molar-refractivity contribution in [3.05, 3.63) is 0 Å². The fourth-order valence-electron chi connectivity index (χ4n) is 4.67. The summed E-state index contributed by atoms with van der Waals surface area (Å²) in [4.78, 5) is 28.6. The molecule has 27 heavy (non-hydrogen) atoms. The van der Waals surface area contributed by atoms with Gasteiger partial charge in [0.1, 0.15) is 5.78 Å². The van der Waals surface area contributed by atoms with Gasteiger partial charge in [-0.05, 0) is 58.0 Å². The van der Waals surface area contributed by atoms with Crippen molar-refractivity contribution in [1.29, 1.82) is 0 Å². The molecule has 2 rings (SSSR count). The molecular weight excluding hydrogens is 336 g/mol. The number of likely N-dealkylation sites (tertiary alicyclic amines) is 2. The Bertz CT molecular complexity index is 447. The third-order valence-electron chi connectivity index (χ3n) is 6.61. The monoisotopic (exact) mass is 378 g/mol. The summed E-state index contributed by atoms with van der Waals surface area (Å²) in [6.07, 6.45) is 12.5. The van der Waals surface area contributed by atoms with E-state index in [-0.39, 0.29) is 5.92 Å². The van der Waals surface area contributed by atoms with Gasteiger partial charge in [0.25, 0.3) is 0 Å². The highest BCUT2D eigenvalue weighted by atomic mass is 16.2. The minimum Gasteiger partial charge on any atom is -0.343 e. The SMILES string of the molecule is CC(=O)C1CCN(C2CCN(C(=O)CCCCCCCC(C)C)CC2)CC1. The predicted octanol–water partition coefficient (Wildman–Crippen LogP) is 4.67. The van der Waals surface area contributed by atoms with E-state index in [0.29, 0.717) is 17.7 Å². The molecule has 156 valence electrons. The van der Waals surface area contributed by atoms with E-state index in [0.717, 1.165) is 70.6 Å². The molecule has 2 aliphatic heterocycles. The smallest absolute Gasteiger partial charge is 0.222 e. The number of unbranched alkanes of at least 4 members (excludes halogenated alkanes) is 4. The lowest BCUT2D eigenvalue weighted by Gasteiger charge is -2.41. The Kier molecular flexibility index (Phi) is 9.81. The molecule has 0 unspecified atom stereocenters. The maximum atomic E-state index is 12.5. The standard InChI is InChI=1S/C23H42N2O2/c1-19(2)9-7-5-4-6-8-10-23(27)25-17-13-22(14-18-25)24-15-11-21(12-16-24)20(3)26/h19,21-22H,4-18H2,1-3H3. The van der Waals surface area contributed by atoms with Crippen molar-refractivity contribution in [2.45, 2.75) is 97.4 Å². The Morgan fingerprint density at radius 2 is 1.44 bits per heavy atom. The Balaban J connectivity index is 1.55. The fourth-order valence-corrected chi connectivity index (χ4v) is 4.67. The molecule has 0 spiro atoms. The first kappa shape index (κ1) is 22.4. The highest BCUT2D eigenvalue weighted by Gasteiger charge is 2.30. The molecule has 2 heterocycles. The maximum Gasteiger partial charge on any atom is 0.222 e. The summed E-state index contributed by atoms with van der Waals surface area (Å²) in [6, 6.07) is 0.614. The summed E-state index contributed by atoms with van der Waals surface area (Å²) in [7, 11) is 0. The Labute approximate surface area is 167 Å². The Morgan fingerprint density at radius 3 is 2.04 bits per heavy atom.